The molecule has 5 heteroatoms. The zero-order valence-corrected chi connectivity index (χ0v) is 17.0. The van der Waals surface area contributed by atoms with Gasteiger partial charge in [-0.1, -0.05) is 31.4 Å². The van der Waals surface area contributed by atoms with Gasteiger partial charge >= 0.3 is 0 Å². The maximum absolute atomic E-state index is 11.2. The summed E-state index contributed by atoms with van der Waals surface area (Å²) in [7, 11) is 0. The van der Waals surface area contributed by atoms with Crippen LogP contribution in [0, 0.1) is 5.92 Å². The third-order valence-corrected chi connectivity index (χ3v) is 6.18. The standard InChI is InChI=1S/C22H33N3O2/c1-5-6-7-8-14-12-17-19(20(26)18(14)21(23)25-24)15-11-13(2)9-10-16(15)22(3,4)27-17/h11-12,15-16,26H,5-10,24H2,1-4H3,(H2,23,25). The molecule has 0 saturated heterocycles. The molecule has 0 fully saturated rings. The Bertz CT molecular complexity index is 780. The molecule has 2 aliphatic rings. The third kappa shape index (κ3) is 3.52. The van der Waals surface area contributed by atoms with E-state index in [-0.39, 0.29) is 23.1 Å². The average molecular weight is 372 g/mol. The molecule has 27 heavy (non-hydrogen) atoms. The number of hydrogen-bond donors (Lipinski definition) is 3. The molecular weight excluding hydrogens is 338 g/mol. The van der Waals surface area contributed by atoms with Crippen molar-refractivity contribution >= 4 is 5.84 Å². The normalized spacial score (nSPS) is 23.9. The molecule has 5 nitrogen and oxygen atoms in total. The van der Waals surface area contributed by atoms with E-state index in [4.69, 9.17) is 16.3 Å². The van der Waals surface area contributed by atoms with E-state index in [0.717, 1.165) is 55.4 Å². The summed E-state index contributed by atoms with van der Waals surface area (Å²) in [5, 5.41) is 14.9. The first-order valence-electron chi connectivity index (χ1n) is 10.1. The number of aromatic hydroxyl groups is 1. The van der Waals surface area contributed by atoms with E-state index in [1.807, 2.05) is 6.07 Å². The molecule has 0 radical (unpaired) electrons. The van der Waals surface area contributed by atoms with Gasteiger partial charge in [-0.15, -0.1) is 0 Å². The van der Waals surface area contributed by atoms with Gasteiger partial charge < -0.3 is 21.4 Å². The van der Waals surface area contributed by atoms with Crippen LogP contribution in [0.15, 0.2) is 22.8 Å². The fourth-order valence-corrected chi connectivity index (χ4v) is 4.72. The van der Waals surface area contributed by atoms with Crippen molar-refractivity contribution in [3.8, 4) is 11.5 Å². The number of hydrogen-bond acceptors (Lipinski definition) is 4. The lowest BCUT2D eigenvalue weighted by molar-refractivity contribution is 0.0107. The van der Waals surface area contributed by atoms with Crippen LogP contribution in [0.25, 0.3) is 0 Å². The van der Waals surface area contributed by atoms with Crippen LogP contribution in [0.2, 0.25) is 0 Å². The average Bonchev–Trinajstić information content (AvgIpc) is 2.60. The van der Waals surface area contributed by atoms with Gasteiger partial charge in [-0.3, -0.25) is 0 Å². The van der Waals surface area contributed by atoms with Crippen molar-refractivity contribution < 1.29 is 9.84 Å². The van der Waals surface area contributed by atoms with Crippen molar-refractivity contribution in [1.82, 2.24) is 0 Å². The van der Waals surface area contributed by atoms with E-state index in [0.29, 0.717) is 11.5 Å². The van der Waals surface area contributed by atoms with Gasteiger partial charge in [0, 0.05) is 17.4 Å². The van der Waals surface area contributed by atoms with Gasteiger partial charge in [-0.05, 0) is 58.1 Å². The summed E-state index contributed by atoms with van der Waals surface area (Å²) in [6.07, 6.45) is 8.49. The third-order valence-electron chi connectivity index (χ3n) is 6.18. The number of aryl methyl sites for hydroxylation is 1. The Morgan fingerprint density at radius 2 is 2.11 bits per heavy atom. The molecule has 5 N–H and O–H groups in total. The number of rotatable bonds is 5. The highest BCUT2D eigenvalue weighted by atomic mass is 16.5. The summed E-state index contributed by atoms with van der Waals surface area (Å²) in [6.45, 7) is 8.63. The summed E-state index contributed by atoms with van der Waals surface area (Å²) in [4.78, 5) is 0. The van der Waals surface area contributed by atoms with Crippen LogP contribution in [-0.4, -0.2) is 16.5 Å². The van der Waals surface area contributed by atoms with Crippen molar-refractivity contribution in [2.24, 2.45) is 22.6 Å². The maximum Gasteiger partial charge on any atom is 0.154 e. The Balaban J connectivity index is 2.18. The van der Waals surface area contributed by atoms with Crippen LogP contribution < -0.4 is 16.3 Å². The second-order valence-electron chi connectivity index (χ2n) is 8.53. The van der Waals surface area contributed by atoms with Crippen molar-refractivity contribution in [2.45, 2.75) is 77.7 Å². The SMILES string of the molecule is CCCCCc1cc2c(c(O)c1/C(N)=N/N)C1C=C(C)CCC1C(C)(C)O2. The molecule has 1 aliphatic carbocycles. The molecule has 0 amide bonds. The van der Waals surface area contributed by atoms with E-state index in [1.165, 1.54) is 5.57 Å². The largest absolute Gasteiger partial charge is 0.507 e. The van der Waals surface area contributed by atoms with Crippen molar-refractivity contribution in [2.75, 3.05) is 0 Å². The molecular formula is C22H33N3O2. The molecule has 3 rings (SSSR count). The van der Waals surface area contributed by atoms with Crippen molar-refractivity contribution in [1.29, 1.82) is 0 Å². The molecule has 1 aromatic rings. The van der Waals surface area contributed by atoms with Crippen LogP contribution in [0.3, 0.4) is 0 Å². The Labute approximate surface area is 162 Å². The fourth-order valence-electron chi connectivity index (χ4n) is 4.72. The van der Waals surface area contributed by atoms with Gasteiger partial charge in [0.15, 0.2) is 5.84 Å². The minimum atomic E-state index is -0.281. The van der Waals surface area contributed by atoms with Gasteiger partial charge in [-0.25, -0.2) is 0 Å². The minimum absolute atomic E-state index is 0.117. The van der Waals surface area contributed by atoms with Crippen LogP contribution in [0.4, 0.5) is 0 Å². The van der Waals surface area contributed by atoms with Crippen molar-refractivity contribution in [3.63, 3.8) is 0 Å². The highest BCUT2D eigenvalue weighted by Gasteiger charge is 2.46. The Morgan fingerprint density at radius 3 is 2.78 bits per heavy atom. The molecule has 2 unspecified atom stereocenters. The summed E-state index contributed by atoms with van der Waals surface area (Å²) in [5.41, 5.74) is 9.53. The number of phenols is 1. The van der Waals surface area contributed by atoms with Crippen LogP contribution >= 0.6 is 0 Å². The molecule has 1 heterocycles. The number of benzene rings is 1. The summed E-state index contributed by atoms with van der Waals surface area (Å²) >= 11 is 0. The zero-order valence-electron chi connectivity index (χ0n) is 17.0. The Hall–Kier alpha value is -2.17. The molecule has 1 aromatic carbocycles. The monoisotopic (exact) mass is 371 g/mol. The number of fused-ring (bicyclic) bond motifs is 3. The minimum Gasteiger partial charge on any atom is -0.507 e. The topological polar surface area (TPSA) is 93.9 Å². The van der Waals surface area contributed by atoms with Crippen LogP contribution in [-0.2, 0) is 6.42 Å². The number of allylic oxidation sites excluding steroid dienone is 2. The molecule has 0 spiro atoms. The lowest BCUT2D eigenvalue weighted by Crippen LogP contribution is -2.45. The highest BCUT2D eigenvalue weighted by Crippen LogP contribution is 2.54. The number of nitrogens with two attached hydrogens (primary N) is 2. The van der Waals surface area contributed by atoms with Gasteiger partial charge in [0.05, 0.1) is 5.56 Å². The predicted molar refractivity (Wildman–Crippen MR) is 110 cm³/mol. The number of amidine groups is 1. The van der Waals surface area contributed by atoms with E-state index in [1.54, 1.807) is 0 Å². The van der Waals surface area contributed by atoms with Gasteiger partial charge in [-0.2, -0.15) is 5.10 Å². The second kappa shape index (κ2) is 7.45. The number of unbranched alkanes of at least 4 members (excludes halogenated alkanes) is 2. The van der Waals surface area contributed by atoms with E-state index in [2.05, 4.69) is 38.9 Å². The molecule has 148 valence electrons. The first-order chi connectivity index (χ1) is 12.8. The first-order valence-corrected chi connectivity index (χ1v) is 10.1. The van der Waals surface area contributed by atoms with Gasteiger partial charge in [0.25, 0.3) is 0 Å². The van der Waals surface area contributed by atoms with Crippen LogP contribution in [0.1, 0.15) is 82.4 Å². The van der Waals surface area contributed by atoms with Crippen LogP contribution in [0.5, 0.6) is 11.5 Å². The van der Waals surface area contributed by atoms with E-state index in [9.17, 15) is 5.11 Å². The lowest BCUT2D eigenvalue weighted by atomic mass is 9.67. The summed E-state index contributed by atoms with van der Waals surface area (Å²) in [6, 6.07) is 2.05. The molecule has 0 bridgehead atoms. The summed E-state index contributed by atoms with van der Waals surface area (Å²) < 4.78 is 6.42. The van der Waals surface area contributed by atoms with Gasteiger partial charge in [0.1, 0.15) is 17.1 Å². The van der Waals surface area contributed by atoms with Gasteiger partial charge in [0.2, 0.25) is 0 Å². The fraction of sp³-hybridized carbons (Fsp3) is 0.591. The number of hydrazone groups is 1. The second-order valence-corrected chi connectivity index (χ2v) is 8.53. The number of nitrogens with zero attached hydrogens (tertiary/aromatic N) is 1. The molecule has 2 atom stereocenters. The summed E-state index contributed by atoms with van der Waals surface area (Å²) in [5.74, 6) is 7.04. The molecule has 0 saturated carbocycles. The highest BCUT2D eigenvalue weighted by molar-refractivity contribution is 6.02. The van der Waals surface area contributed by atoms with E-state index < -0.39 is 0 Å². The Kier molecular flexibility index (Phi) is 5.41. The Morgan fingerprint density at radius 1 is 1.37 bits per heavy atom. The lowest BCUT2D eigenvalue weighted by Gasteiger charge is -2.46. The number of ether oxygens (including phenoxy) is 1. The predicted octanol–water partition coefficient (Wildman–Crippen LogP) is 4.31. The maximum atomic E-state index is 11.2. The van der Waals surface area contributed by atoms with E-state index >= 15 is 0 Å². The zero-order chi connectivity index (χ0) is 19.8. The van der Waals surface area contributed by atoms with Crippen molar-refractivity contribution in [3.05, 3.63) is 34.4 Å². The number of phenolic OH excluding ortho intramolecular Hbond substituents is 1. The smallest absolute Gasteiger partial charge is 0.154 e. The molecule has 1 aliphatic heterocycles. The first kappa shape index (κ1) is 19.6. The molecule has 0 aromatic heterocycles. The quantitative estimate of drug-likeness (QED) is 0.179.